The summed E-state index contributed by atoms with van der Waals surface area (Å²) in [5.41, 5.74) is 2.19. The zero-order valence-corrected chi connectivity index (χ0v) is 16.8. The van der Waals surface area contributed by atoms with Gasteiger partial charge in [-0.15, -0.1) is 0 Å². The van der Waals surface area contributed by atoms with E-state index in [0.717, 1.165) is 37.8 Å². The topological polar surface area (TPSA) is 52.7 Å². The largest absolute Gasteiger partial charge is 0.369 e. The van der Waals surface area contributed by atoms with Gasteiger partial charge in [0.25, 0.3) is 0 Å². The third-order valence-corrected chi connectivity index (χ3v) is 6.05. The first-order valence-electron chi connectivity index (χ1n) is 10.4. The number of piperidine rings is 1. The first kappa shape index (κ1) is 20.0. The van der Waals surface area contributed by atoms with Gasteiger partial charge in [-0.05, 0) is 69.9 Å². The summed E-state index contributed by atoms with van der Waals surface area (Å²) in [5.74, 6) is 0.884. The van der Waals surface area contributed by atoms with Crippen LogP contribution in [0, 0.1) is 5.92 Å². The molecule has 1 aromatic rings. The zero-order chi connectivity index (χ0) is 19.2. The summed E-state index contributed by atoms with van der Waals surface area (Å²) >= 11 is 0. The minimum atomic E-state index is -0.0407. The third kappa shape index (κ3) is 5.17. The van der Waals surface area contributed by atoms with E-state index in [1.165, 1.54) is 45.8 Å². The number of hydrogen-bond acceptors (Lipinski definition) is 5. The average molecular weight is 372 g/mol. The van der Waals surface area contributed by atoms with Gasteiger partial charge in [0.05, 0.1) is 0 Å². The van der Waals surface area contributed by atoms with Crippen LogP contribution in [0.3, 0.4) is 0 Å². The van der Waals surface area contributed by atoms with Gasteiger partial charge in [0.1, 0.15) is 0 Å². The standard InChI is InChI=1S/C22H33N3O2/c1-3-22(27)21-16-19(4-5-20(21)17(2)26)25-14-12-24(13-15-25)11-8-18-6-9-23-10-7-18/h4-5,16,18,23H,3,6-15H2,1-2H3. The molecule has 1 aromatic carbocycles. The van der Waals surface area contributed by atoms with Crippen LogP contribution in [0.25, 0.3) is 0 Å². The number of nitrogens with one attached hydrogen (secondary N) is 1. The number of hydrogen-bond donors (Lipinski definition) is 1. The van der Waals surface area contributed by atoms with E-state index in [4.69, 9.17) is 0 Å². The molecule has 0 unspecified atom stereocenters. The fourth-order valence-electron chi connectivity index (χ4n) is 4.22. The number of anilines is 1. The van der Waals surface area contributed by atoms with Crippen LogP contribution in [0.15, 0.2) is 18.2 Å². The van der Waals surface area contributed by atoms with E-state index in [-0.39, 0.29) is 11.6 Å². The number of nitrogens with zero attached hydrogens (tertiary/aromatic N) is 2. The van der Waals surface area contributed by atoms with Crippen LogP contribution in [0.2, 0.25) is 0 Å². The van der Waals surface area contributed by atoms with Crippen LogP contribution in [0.4, 0.5) is 5.69 Å². The van der Waals surface area contributed by atoms with Crippen molar-refractivity contribution in [2.45, 2.75) is 39.5 Å². The Morgan fingerprint density at radius 3 is 2.41 bits per heavy atom. The molecule has 0 radical (unpaired) electrons. The minimum absolute atomic E-state index is 0.0407. The van der Waals surface area contributed by atoms with Crippen LogP contribution in [0.5, 0.6) is 0 Å². The second kappa shape index (κ2) is 9.47. The van der Waals surface area contributed by atoms with Crippen LogP contribution in [-0.4, -0.2) is 62.3 Å². The minimum Gasteiger partial charge on any atom is -0.369 e. The van der Waals surface area contributed by atoms with E-state index in [1.54, 1.807) is 0 Å². The van der Waals surface area contributed by atoms with Gasteiger partial charge in [0.2, 0.25) is 0 Å². The molecular formula is C22H33N3O2. The predicted molar refractivity (Wildman–Crippen MR) is 110 cm³/mol. The summed E-state index contributed by atoms with van der Waals surface area (Å²) in [6.45, 7) is 11.0. The smallest absolute Gasteiger partial charge is 0.163 e. The zero-order valence-electron chi connectivity index (χ0n) is 16.8. The molecule has 0 amide bonds. The number of rotatable bonds is 7. The molecule has 3 rings (SSSR count). The molecule has 2 heterocycles. The summed E-state index contributed by atoms with van der Waals surface area (Å²) < 4.78 is 0. The maximum Gasteiger partial charge on any atom is 0.163 e. The molecule has 0 spiro atoms. The number of Topliss-reactive ketones (excluding diaryl/α,β-unsaturated/α-hetero) is 2. The summed E-state index contributed by atoms with van der Waals surface area (Å²) in [6, 6.07) is 5.74. The molecule has 1 N–H and O–H groups in total. The Labute approximate surface area is 163 Å². The molecule has 148 valence electrons. The lowest BCUT2D eigenvalue weighted by Crippen LogP contribution is -2.47. The summed E-state index contributed by atoms with van der Waals surface area (Å²) in [4.78, 5) is 29.0. The number of carbonyl (C=O) groups excluding carboxylic acids is 2. The van der Waals surface area contributed by atoms with Gasteiger partial charge in [-0.2, -0.15) is 0 Å². The third-order valence-electron chi connectivity index (χ3n) is 6.05. The van der Waals surface area contributed by atoms with Crippen molar-refractivity contribution in [3.05, 3.63) is 29.3 Å². The van der Waals surface area contributed by atoms with Crippen LogP contribution in [0.1, 0.15) is 60.2 Å². The van der Waals surface area contributed by atoms with E-state index in [0.29, 0.717) is 17.5 Å². The van der Waals surface area contributed by atoms with Gasteiger partial charge < -0.3 is 10.2 Å². The quantitative estimate of drug-likeness (QED) is 0.747. The second-order valence-electron chi connectivity index (χ2n) is 7.87. The van der Waals surface area contributed by atoms with E-state index in [1.807, 2.05) is 25.1 Å². The van der Waals surface area contributed by atoms with E-state index in [9.17, 15) is 9.59 Å². The van der Waals surface area contributed by atoms with Gasteiger partial charge in [0.15, 0.2) is 11.6 Å². The molecule has 27 heavy (non-hydrogen) atoms. The average Bonchev–Trinajstić information content (AvgIpc) is 2.72. The maximum atomic E-state index is 12.3. The van der Waals surface area contributed by atoms with E-state index >= 15 is 0 Å². The van der Waals surface area contributed by atoms with Gasteiger partial charge in [0, 0.05) is 49.4 Å². The molecule has 5 nitrogen and oxygen atoms in total. The molecular weight excluding hydrogens is 338 g/mol. The molecule has 2 aliphatic heterocycles. The van der Waals surface area contributed by atoms with Crippen molar-refractivity contribution in [2.75, 3.05) is 50.7 Å². The maximum absolute atomic E-state index is 12.3. The van der Waals surface area contributed by atoms with Gasteiger partial charge in [-0.3, -0.25) is 14.5 Å². The molecule has 0 aromatic heterocycles. The highest BCUT2D eigenvalue weighted by Crippen LogP contribution is 2.23. The number of benzene rings is 1. The molecule has 0 aliphatic carbocycles. The van der Waals surface area contributed by atoms with Crippen molar-refractivity contribution < 1.29 is 9.59 Å². The van der Waals surface area contributed by atoms with E-state index < -0.39 is 0 Å². The highest BCUT2D eigenvalue weighted by atomic mass is 16.1. The van der Waals surface area contributed by atoms with Crippen molar-refractivity contribution in [3.8, 4) is 0 Å². The van der Waals surface area contributed by atoms with Gasteiger partial charge >= 0.3 is 0 Å². The molecule has 0 bridgehead atoms. The lowest BCUT2D eigenvalue weighted by Gasteiger charge is -2.37. The predicted octanol–water partition coefficient (Wildman–Crippen LogP) is 2.99. The van der Waals surface area contributed by atoms with Crippen molar-refractivity contribution in [1.82, 2.24) is 10.2 Å². The molecule has 5 heteroatoms. The van der Waals surface area contributed by atoms with Gasteiger partial charge in [-0.25, -0.2) is 0 Å². The number of carbonyl (C=O) groups is 2. The fourth-order valence-corrected chi connectivity index (χ4v) is 4.22. The van der Waals surface area contributed by atoms with Crippen LogP contribution >= 0.6 is 0 Å². The molecule has 0 saturated carbocycles. The van der Waals surface area contributed by atoms with Gasteiger partial charge in [-0.1, -0.05) is 6.92 Å². The highest BCUT2D eigenvalue weighted by molar-refractivity contribution is 6.08. The van der Waals surface area contributed by atoms with Crippen molar-refractivity contribution in [1.29, 1.82) is 0 Å². The lowest BCUT2D eigenvalue weighted by atomic mass is 9.94. The SMILES string of the molecule is CCC(=O)c1cc(N2CCN(CCC3CCNCC3)CC2)ccc1C(C)=O. The summed E-state index contributed by atoms with van der Waals surface area (Å²) in [6.07, 6.45) is 4.37. The van der Waals surface area contributed by atoms with E-state index in [2.05, 4.69) is 15.1 Å². The molecule has 0 atom stereocenters. The Balaban J connectivity index is 1.57. The molecule has 2 saturated heterocycles. The monoisotopic (exact) mass is 371 g/mol. The van der Waals surface area contributed by atoms with Crippen molar-refractivity contribution >= 4 is 17.3 Å². The Hall–Kier alpha value is -1.72. The molecule has 2 aliphatic rings. The number of ketones is 2. The van der Waals surface area contributed by atoms with Crippen LogP contribution in [-0.2, 0) is 0 Å². The van der Waals surface area contributed by atoms with Crippen molar-refractivity contribution in [3.63, 3.8) is 0 Å². The first-order valence-corrected chi connectivity index (χ1v) is 10.4. The van der Waals surface area contributed by atoms with Crippen LogP contribution < -0.4 is 10.2 Å². The Morgan fingerprint density at radius 1 is 1.07 bits per heavy atom. The number of piperazine rings is 1. The Bertz CT molecular complexity index is 660. The Morgan fingerprint density at radius 2 is 1.78 bits per heavy atom. The normalized spacial score (nSPS) is 19.3. The fraction of sp³-hybridized carbons (Fsp3) is 0.636. The lowest BCUT2D eigenvalue weighted by molar-refractivity contribution is 0.0966. The first-order chi connectivity index (χ1) is 13.1. The summed E-state index contributed by atoms with van der Waals surface area (Å²) in [7, 11) is 0. The Kier molecular flexibility index (Phi) is 7.02. The summed E-state index contributed by atoms with van der Waals surface area (Å²) in [5, 5.41) is 3.44. The highest BCUT2D eigenvalue weighted by Gasteiger charge is 2.21. The second-order valence-corrected chi connectivity index (χ2v) is 7.87. The molecule has 2 fully saturated rings. The van der Waals surface area contributed by atoms with Crippen molar-refractivity contribution in [2.24, 2.45) is 5.92 Å².